The standard InChI is InChI=1S/C17H12ClF2N3O2/c1-2-23(11-6-7-13-14(8-11)25-17(19,20)24-13)16-21-9-10-4-3-5-12(18)15(10)22-16/h3-9H,2H2,1H3. The molecular weight excluding hydrogens is 352 g/mol. The average molecular weight is 364 g/mol. The Morgan fingerprint density at radius 2 is 1.96 bits per heavy atom. The number of alkyl halides is 2. The van der Waals surface area contributed by atoms with Gasteiger partial charge in [-0.15, -0.1) is 8.78 Å². The summed E-state index contributed by atoms with van der Waals surface area (Å²) in [5.74, 6) is 0.376. The molecule has 1 aliphatic rings. The largest absolute Gasteiger partial charge is 0.586 e. The van der Waals surface area contributed by atoms with Gasteiger partial charge in [0.2, 0.25) is 5.95 Å². The molecule has 25 heavy (non-hydrogen) atoms. The molecule has 0 saturated heterocycles. The first kappa shape index (κ1) is 15.8. The summed E-state index contributed by atoms with van der Waals surface area (Å²) in [5.41, 5.74) is 1.23. The van der Waals surface area contributed by atoms with Crippen LogP contribution in [-0.4, -0.2) is 22.8 Å². The Morgan fingerprint density at radius 3 is 2.76 bits per heavy atom. The van der Waals surface area contributed by atoms with E-state index in [1.807, 2.05) is 19.1 Å². The van der Waals surface area contributed by atoms with Gasteiger partial charge >= 0.3 is 6.29 Å². The molecule has 0 spiro atoms. The van der Waals surface area contributed by atoms with Crippen LogP contribution in [0.2, 0.25) is 5.02 Å². The lowest BCUT2D eigenvalue weighted by Crippen LogP contribution is -2.26. The summed E-state index contributed by atoms with van der Waals surface area (Å²) in [6, 6.07) is 9.99. The van der Waals surface area contributed by atoms with E-state index in [1.165, 1.54) is 12.1 Å². The topological polar surface area (TPSA) is 47.5 Å². The molecule has 5 nitrogen and oxygen atoms in total. The maximum atomic E-state index is 13.2. The van der Waals surface area contributed by atoms with Crippen LogP contribution < -0.4 is 14.4 Å². The minimum atomic E-state index is -3.65. The molecular formula is C17H12ClF2N3O2. The van der Waals surface area contributed by atoms with Gasteiger partial charge in [0.05, 0.1) is 10.5 Å². The number of hydrogen-bond donors (Lipinski definition) is 0. The van der Waals surface area contributed by atoms with Gasteiger partial charge in [0.15, 0.2) is 11.5 Å². The molecule has 0 fully saturated rings. The third-order valence-corrected chi connectivity index (χ3v) is 4.11. The number of hydrogen-bond acceptors (Lipinski definition) is 5. The van der Waals surface area contributed by atoms with Gasteiger partial charge in [-0.05, 0) is 25.1 Å². The molecule has 0 N–H and O–H groups in total. The van der Waals surface area contributed by atoms with Gasteiger partial charge in [-0.3, -0.25) is 0 Å². The highest BCUT2D eigenvalue weighted by Crippen LogP contribution is 2.43. The Labute approximate surface area is 146 Å². The van der Waals surface area contributed by atoms with E-state index in [4.69, 9.17) is 11.6 Å². The van der Waals surface area contributed by atoms with E-state index in [1.54, 1.807) is 23.2 Å². The Hall–Kier alpha value is -2.67. The number of rotatable bonds is 3. The molecule has 2 aromatic carbocycles. The van der Waals surface area contributed by atoms with E-state index in [0.29, 0.717) is 28.7 Å². The van der Waals surface area contributed by atoms with E-state index < -0.39 is 6.29 Å². The van der Waals surface area contributed by atoms with Crippen molar-refractivity contribution < 1.29 is 18.3 Å². The number of nitrogens with zero attached hydrogens (tertiary/aromatic N) is 3. The third-order valence-electron chi connectivity index (χ3n) is 3.80. The van der Waals surface area contributed by atoms with Gasteiger partial charge < -0.3 is 14.4 Å². The van der Waals surface area contributed by atoms with E-state index in [2.05, 4.69) is 19.4 Å². The Kier molecular flexibility index (Phi) is 3.61. The highest BCUT2D eigenvalue weighted by Gasteiger charge is 2.43. The maximum Gasteiger partial charge on any atom is 0.586 e. The van der Waals surface area contributed by atoms with Crippen molar-refractivity contribution in [3.8, 4) is 11.5 Å². The molecule has 1 aromatic heterocycles. The van der Waals surface area contributed by atoms with Gasteiger partial charge in [-0.25, -0.2) is 9.97 Å². The highest BCUT2D eigenvalue weighted by atomic mass is 35.5. The van der Waals surface area contributed by atoms with E-state index in [9.17, 15) is 8.78 Å². The number of halogens is 3. The number of ether oxygens (including phenoxy) is 2. The van der Waals surface area contributed by atoms with Crippen LogP contribution in [0.5, 0.6) is 11.5 Å². The van der Waals surface area contributed by atoms with E-state index in [0.717, 1.165) is 5.39 Å². The van der Waals surface area contributed by atoms with Crippen LogP contribution in [0.4, 0.5) is 20.4 Å². The van der Waals surface area contributed by atoms with Gasteiger partial charge in [0, 0.05) is 29.9 Å². The van der Waals surface area contributed by atoms with Crippen molar-refractivity contribution >= 4 is 34.1 Å². The molecule has 128 valence electrons. The zero-order valence-electron chi connectivity index (χ0n) is 13.0. The van der Waals surface area contributed by atoms with Crippen LogP contribution in [0.25, 0.3) is 10.9 Å². The molecule has 1 aliphatic heterocycles. The van der Waals surface area contributed by atoms with Crippen molar-refractivity contribution in [3.05, 3.63) is 47.6 Å². The molecule has 4 rings (SSSR count). The summed E-state index contributed by atoms with van der Waals surface area (Å²) in [7, 11) is 0. The fourth-order valence-electron chi connectivity index (χ4n) is 2.69. The first-order chi connectivity index (χ1) is 12.0. The van der Waals surface area contributed by atoms with Crippen molar-refractivity contribution in [2.24, 2.45) is 0 Å². The smallest absolute Gasteiger partial charge is 0.395 e. The van der Waals surface area contributed by atoms with Crippen LogP contribution in [0.1, 0.15) is 6.92 Å². The Morgan fingerprint density at radius 1 is 1.16 bits per heavy atom. The van der Waals surface area contributed by atoms with Crippen LogP contribution in [0.15, 0.2) is 42.6 Å². The molecule has 0 atom stereocenters. The SMILES string of the molecule is CCN(c1ccc2c(c1)OC(F)(F)O2)c1ncc2cccc(Cl)c2n1. The van der Waals surface area contributed by atoms with Gasteiger partial charge in [-0.1, -0.05) is 23.7 Å². The summed E-state index contributed by atoms with van der Waals surface area (Å²) < 4.78 is 35.3. The number of para-hydroxylation sites is 1. The molecule has 0 bridgehead atoms. The van der Waals surface area contributed by atoms with Crippen LogP contribution in [-0.2, 0) is 0 Å². The molecule has 0 radical (unpaired) electrons. The minimum Gasteiger partial charge on any atom is -0.395 e. The van der Waals surface area contributed by atoms with Crippen molar-refractivity contribution in [1.82, 2.24) is 9.97 Å². The highest BCUT2D eigenvalue weighted by molar-refractivity contribution is 6.35. The maximum absolute atomic E-state index is 13.2. The fourth-order valence-corrected chi connectivity index (χ4v) is 2.91. The molecule has 2 heterocycles. The van der Waals surface area contributed by atoms with E-state index in [-0.39, 0.29) is 11.5 Å². The number of fused-ring (bicyclic) bond motifs is 2. The number of anilines is 2. The van der Waals surface area contributed by atoms with Crippen LogP contribution in [0.3, 0.4) is 0 Å². The van der Waals surface area contributed by atoms with Crippen LogP contribution in [0, 0.1) is 0 Å². The summed E-state index contributed by atoms with van der Waals surface area (Å²) in [4.78, 5) is 10.6. The van der Waals surface area contributed by atoms with Gasteiger partial charge in [0.1, 0.15) is 0 Å². The minimum absolute atomic E-state index is 0.00715. The van der Waals surface area contributed by atoms with Gasteiger partial charge in [0.25, 0.3) is 0 Å². The number of benzene rings is 2. The second-order valence-electron chi connectivity index (χ2n) is 5.39. The second-order valence-corrected chi connectivity index (χ2v) is 5.80. The Balaban J connectivity index is 1.75. The normalized spacial score (nSPS) is 14.7. The summed E-state index contributed by atoms with van der Waals surface area (Å²) in [6.07, 6.45) is -1.97. The zero-order chi connectivity index (χ0) is 17.6. The first-order valence-corrected chi connectivity index (χ1v) is 7.93. The lowest BCUT2D eigenvalue weighted by atomic mass is 10.2. The predicted octanol–water partition coefficient (Wildman–Crippen LogP) is 4.76. The van der Waals surface area contributed by atoms with Crippen molar-refractivity contribution in [3.63, 3.8) is 0 Å². The first-order valence-electron chi connectivity index (χ1n) is 7.55. The average Bonchev–Trinajstić information content (AvgIpc) is 2.89. The predicted molar refractivity (Wildman–Crippen MR) is 89.9 cm³/mol. The van der Waals surface area contributed by atoms with Crippen LogP contribution >= 0.6 is 11.6 Å². The fraction of sp³-hybridized carbons (Fsp3) is 0.176. The quantitative estimate of drug-likeness (QED) is 0.671. The van der Waals surface area contributed by atoms with Crippen molar-refractivity contribution in [1.29, 1.82) is 0 Å². The molecule has 0 amide bonds. The molecule has 0 unspecified atom stereocenters. The second kappa shape index (κ2) is 5.70. The number of aromatic nitrogens is 2. The van der Waals surface area contributed by atoms with Gasteiger partial charge in [-0.2, -0.15) is 0 Å². The zero-order valence-corrected chi connectivity index (χ0v) is 13.8. The summed E-state index contributed by atoms with van der Waals surface area (Å²) in [5, 5.41) is 1.33. The molecule has 8 heteroatoms. The molecule has 0 saturated carbocycles. The third kappa shape index (κ3) is 2.80. The summed E-state index contributed by atoms with van der Waals surface area (Å²) >= 11 is 6.20. The lowest BCUT2D eigenvalue weighted by molar-refractivity contribution is -0.286. The van der Waals surface area contributed by atoms with Crippen molar-refractivity contribution in [2.75, 3.05) is 11.4 Å². The molecule has 3 aromatic rings. The Bertz CT molecular complexity index is 968. The monoisotopic (exact) mass is 363 g/mol. The molecule has 0 aliphatic carbocycles. The van der Waals surface area contributed by atoms with Crippen molar-refractivity contribution in [2.45, 2.75) is 13.2 Å². The van der Waals surface area contributed by atoms with E-state index >= 15 is 0 Å². The lowest BCUT2D eigenvalue weighted by Gasteiger charge is -2.21. The summed E-state index contributed by atoms with van der Waals surface area (Å²) in [6.45, 7) is 2.42.